The molecule has 0 aliphatic carbocycles. The van der Waals surface area contributed by atoms with Crippen molar-refractivity contribution in [2.24, 2.45) is 0 Å². The standard InChI is InChI=1S/C15H17BrN2OS/c1-11-3-4-13(7-14(11)16)17-15(19)9-18(2)8-12-5-6-20-10-12/h3-7,10H,8-9H2,1-2H3,(H,17,19). The molecule has 0 atom stereocenters. The first-order valence-electron chi connectivity index (χ1n) is 6.30. The van der Waals surface area contributed by atoms with Crippen LogP contribution in [0.2, 0.25) is 0 Å². The average Bonchev–Trinajstić information content (AvgIpc) is 2.86. The lowest BCUT2D eigenvalue weighted by Gasteiger charge is -2.15. The van der Waals surface area contributed by atoms with Crippen molar-refractivity contribution in [3.63, 3.8) is 0 Å². The predicted octanol–water partition coefficient (Wildman–Crippen LogP) is 3.89. The number of amides is 1. The van der Waals surface area contributed by atoms with Gasteiger partial charge >= 0.3 is 0 Å². The number of carbonyl (C=O) groups excluding carboxylic acids is 1. The highest BCUT2D eigenvalue weighted by Crippen LogP contribution is 2.20. The van der Waals surface area contributed by atoms with Crippen LogP contribution in [0.15, 0.2) is 39.5 Å². The summed E-state index contributed by atoms with van der Waals surface area (Å²) < 4.78 is 1.00. The molecule has 1 heterocycles. The number of nitrogens with zero attached hydrogens (tertiary/aromatic N) is 1. The van der Waals surface area contributed by atoms with E-state index in [1.165, 1.54) is 5.56 Å². The van der Waals surface area contributed by atoms with E-state index >= 15 is 0 Å². The minimum absolute atomic E-state index is 0.00140. The minimum Gasteiger partial charge on any atom is -0.325 e. The van der Waals surface area contributed by atoms with E-state index in [2.05, 4.69) is 32.7 Å². The fourth-order valence-corrected chi connectivity index (χ4v) is 2.91. The van der Waals surface area contributed by atoms with Gasteiger partial charge in [-0.05, 0) is 54.1 Å². The summed E-state index contributed by atoms with van der Waals surface area (Å²) in [6.07, 6.45) is 0. The summed E-state index contributed by atoms with van der Waals surface area (Å²) in [6.45, 7) is 3.18. The molecule has 0 bridgehead atoms. The number of benzene rings is 1. The highest BCUT2D eigenvalue weighted by molar-refractivity contribution is 9.10. The monoisotopic (exact) mass is 352 g/mol. The molecule has 20 heavy (non-hydrogen) atoms. The van der Waals surface area contributed by atoms with E-state index in [9.17, 15) is 4.79 Å². The van der Waals surface area contributed by atoms with E-state index in [-0.39, 0.29) is 5.91 Å². The Morgan fingerprint density at radius 3 is 2.85 bits per heavy atom. The highest BCUT2D eigenvalue weighted by Gasteiger charge is 2.08. The largest absolute Gasteiger partial charge is 0.325 e. The van der Waals surface area contributed by atoms with Crippen molar-refractivity contribution in [2.75, 3.05) is 18.9 Å². The Kier molecular flexibility index (Phi) is 5.34. The molecule has 0 fully saturated rings. The third kappa shape index (κ3) is 4.44. The van der Waals surface area contributed by atoms with Gasteiger partial charge in [0.05, 0.1) is 6.54 Å². The zero-order valence-corrected chi connectivity index (χ0v) is 13.9. The Morgan fingerprint density at radius 1 is 1.40 bits per heavy atom. The number of carbonyl (C=O) groups is 1. The van der Waals surface area contributed by atoms with Gasteiger partial charge in [-0.3, -0.25) is 9.69 Å². The first kappa shape index (κ1) is 15.2. The predicted molar refractivity (Wildman–Crippen MR) is 88.2 cm³/mol. The molecule has 0 spiro atoms. The Morgan fingerprint density at radius 2 is 2.20 bits per heavy atom. The summed E-state index contributed by atoms with van der Waals surface area (Å²) in [5.74, 6) is -0.00140. The molecule has 5 heteroatoms. The number of halogens is 1. The number of nitrogens with one attached hydrogen (secondary N) is 1. The van der Waals surface area contributed by atoms with Crippen LogP contribution in [-0.4, -0.2) is 24.4 Å². The lowest BCUT2D eigenvalue weighted by Crippen LogP contribution is -2.29. The maximum Gasteiger partial charge on any atom is 0.238 e. The molecule has 0 saturated carbocycles. The molecule has 1 N–H and O–H groups in total. The second-order valence-electron chi connectivity index (χ2n) is 4.82. The van der Waals surface area contributed by atoms with Gasteiger partial charge in [-0.15, -0.1) is 0 Å². The number of hydrogen-bond donors (Lipinski definition) is 1. The summed E-state index contributed by atoms with van der Waals surface area (Å²) in [4.78, 5) is 14.0. The maximum atomic E-state index is 12.0. The van der Waals surface area contributed by atoms with Gasteiger partial charge in [-0.25, -0.2) is 0 Å². The third-order valence-electron chi connectivity index (χ3n) is 2.90. The molecule has 0 radical (unpaired) electrons. The molecule has 1 aromatic carbocycles. The van der Waals surface area contributed by atoms with Crippen LogP contribution in [0, 0.1) is 6.92 Å². The molecular formula is C15H17BrN2OS. The molecule has 3 nitrogen and oxygen atoms in total. The van der Waals surface area contributed by atoms with E-state index in [0.29, 0.717) is 6.54 Å². The number of anilines is 1. The van der Waals surface area contributed by atoms with Crippen molar-refractivity contribution in [2.45, 2.75) is 13.5 Å². The number of likely N-dealkylation sites (N-methyl/N-ethyl adjacent to an activating group) is 1. The van der Waals surface area contributed by atoms with Crippen molar-refractivity contribution in [1.82, 2.24) is 4.90 Å². The zero-order valence-electron chi connectivity index (χ0n) is 11.5. The van der Waals surface area contributed by atoms with Crippen LogP contribution in [-0.2, 0) is 11.3 Å². The Balaban J connectivity index is 1.87. The SMILES string of the molecule is Cc1ccc(NC(=O)CN(C)Cc2ccsc2)cc1Br. The second-order valence-corrected chi connectivity index (χ2v) is 6.45. The second kappa shape index (κ2) is 7.02. The van der Waals surface area contributed by atoms with Gasteiger partial charge in [0.2, 0.25) is 5.91 Å². The average molecular weight is 353 g/mol. The fourth-order valence-electron chi connectivity index (χ4n) is 1.87. The fraction of sp³-hybridized carbons (Fsp3) is 0.267. The van der Waals surface area contributed by atoms with Crippen LogP contribution in [0.1, 0.15) is 11.1 Å². The van der Waals surface area contributed by atoms with Crippen LogP contribution < -0.4 is 5.32 Å². The number of thiophene rings is 1. The number of hydrogen-bond acceptors (Lipinski definition) is 3. The lowest BCUT2D eigenvalue weighted by molar-refractivity contribution is -0.117. The zero-order chi connectivity index (χ0) is 14.5. The molecule has 0 aliphatic heterocycles. The molecule has 2 rings (SSSR count). The summed E-state index contributed by atoms with van der Waals surface area (Å²) in [5.41, 5.74) is 3.21. The molecule has 1 amide bonds. The van der Waals surface area contributed by atoms with Gasteiger partial charge in [0, 0.05) is 16.7 Å². The molecule has 2 aromatic rings. The van der Waals surface area contributed by atoms with Crippen LogP contribution in [0.4, 0.5) is 5.69 Å². The van der Waals surface area contributed by atoms with Gasteiger partial charge in [0.25, 0.3) is 0 Å². The molecule has 106 valence electrons. The van der Waals surface area contributed by atoms with Crippen molar-refractivity contribution >= 4 is 38.9 Å². The van der Waals surface area contributed by atoms with Crippen molar-refractivity contribution in [3.05, 3.63) is 50.6 Å². The molecule has 0 saturated heterocycles. The molecule has 0 unspecified atom stereocenters. The quantitative estimate of drug-likeness (QED) is 0.885. The summed E-state index contributed by atoms with van der Waals surface area (Å²) >= 11 is 5.14. The first-order chi connectivity index (χ1) is 9.54. The van der Waals surface area contributed by atoms with Crippen molar-refractivity contribution < 1.29 is 4.79 Å². The Hall–Kier alpha value is -1.17. The third-order valence-corrected chi connectivity index (χ3v) is 4.49. The van der Waals surface area contributed by atoms with E-state index in [0.717, 1.165) is 22.3 Å². The Bertz CT molecular complexity index is 584. The van der Waals surface area contributed by atoms with E-state index in [4.69, 9.17) is 0 Å². The molecule has 0 aliphatic rings. The summed E-state index contributed by atoms with van der Waals surface area (Å²) in [5, 5.41) is 7.06. The van der Waals surface area contributed by atoms with Gasteiger partial charge in [0.15, 0.2) is 0 Å². The van der Waals surface area contributed by atoms with Crippen LogP contribution in [0.25, 0.3) is 0 Å². The van der Waals surface area contributed by atoms with E-state index in [1.54, 1.807) is 11.3 Å². The Labute approximate surface area is 131 Å². The smallest absolute Gasteiger partial charge is 0.238 e. The molecular weight excluding hydrogens is 336 g/mol. The van der Waals surface area contributed by atoms with Crippen molar-refractivity contribution in [1.29, 1.82) is 0 Å². The van der Waals surface area contributed by atoms with Crippen LogP contribution in [0.3, 0.4) is 0 Å². The van der Waals surface area contributed by atoms with Crippen LogP contribution >= 0.6 is 27.3 Å². The van der Waals surface area contributed by atoms with E-state index in [1.807, 2.05) is 42.5 Å². The summed E-state index contributed by atoms with van der Waals surface area (Å²) in [7, 11) is 1.95. The summed E-state index contributed by atoms with van der Waals surface area (Å²) in [6, 6.07) is 7.90. The lowest BCUT2D eigenvalue weighted by atomic mass is 10.2. The highest BCUT2D eigenvalue weighted by atomic mass is 79.9. The maximum absolute atomic E-state index is 12.0. The van der Waals surface area contributed by atoms with Crippen molar-refractivity contribution in [3.8, 4) is 0 Å². The van der Waals surface area contributed by atoms with E-state index < -0.39 is 0 Å². The minimum atomic E-state index is -0.00140. The van der Waals surface area contributed by atoms with Gasteiger partial charge < -0.3 is 5.32 Å². The number of aryl methyl sites for hydroxylation is 1. The topological polar surface area (TPSA) is 32.3 Å². The van der Waals surface area contributed by atoms with Gasteiger partial charge in [-0.1, -0.05) is 22.0 Å². The molecule has 1 aromatic heterocycles. The number of rotatable bonds is 5. The van der Waals surface area contributed by atoms with Crippen LogP contribution in [0.5, 0.6) is 0 Å². The van der Waals surface area contributed by atoms with Gasteiger partial charge in [0.1, 0.15) is 0 Å². The van der Waals surface area contributed by atoms with Gasteiger partial charge in [-0.2, -0.15) is 11.3 Å². The normalized spacial score (nSPS) is 10.8. The first-order valence-corrected chi connectivity index (χ1v) is 8.04.